The summed E-state index contributed by atoms with van der Waals surface area (Å²) in [7, 11) is 1.77. The van der Waals surface area contributed by atoms with Crippen LogP contribution in [0.1, 0.15) is 18.9 Å². The van der Waals surface area contributed by atoms with Crippen molar-refractivity contribution in [1.82, 2.24) is 9.97 Å². The molecule has 106 valence electrons. The lowest BCUT2D eigenvalue weighted by Crippen LogP contribution is -2.03. The van der Waals surface area contributed by atoms with Gasteiger partial charge in [-0.3, -0.25) is 0 Å². The van der Waals surface area contributed by atoms with E-state index in [0.29, 0.717) is 11.7 Å². The summed E-state index contributed by atoms with van der Waals surface area (Å²) < 4.78 is 19.4. The molecule has 1 aromatic heterocycles. The number of nitrogens with one attached hydrogen (secondary N) is 1. The number of aromatic nitrogens is 2. The Bertz CT molecular complexity index is 607. The van der Waals surface area contributed by atoms with E-state index in [4.69, 9.17) is 16.3 Å². The van der Waals surface area contributed by atoms with Crippen LogP contribution in [0.25, 0.3) is 0 Å². The van der Waals surface area contributed by atoms with Crippen molar-refractivity contribution in [3.05, 3.63) is 40.9 Å². The number of hydrogen-bond acceptors (Lipinski definition) is 4. The van der Waals surface area contributed by atoms with Crippen LogP contribution in [0.15, 0.2) is 24.5 Å². The number of nitrogens with zero attached hydrogens (tertiary/aromatic N) is 2. The number of anilines is 1. The van der Waals surface area contributed by atoms with Gasteiger partial charge in [-0.2, -0.15) is 0 Å². The number of halogens is 2. The Hall–Kier alpha value is -1.88. The molecule has 6 heteroatoms. The van der Waals surface area contributed by atoms with E-state index in [-0.39, 0.29) is 10.8 Å². The third-order valence-corrected chi connectivity index (χ3v) is 3.06. The molecular weight excluding hydrogens is 281 g/mol. The van der Waals surface area contributed by atoms with E-state index >= 15 is 0 Å². The standard InChI is InChI=1S/C14H15ClFN3O/c1-3-5-9-13(17-2)18-8-19-14(9)20-11-7-4-6-10(15)12(11)16/h4,6-8H,3,5H2,1-2H3,(H,17,18,19). The number of ether oxygens (including phenoxy) is 1. The predicted octanol–water partition coefficient (Wildman–Crippen LogP) is 4.06. The lowest BCUT2D eigenvalue weighted by molar-refractivity contribution is 0.421. The van der Waals surface area contributed by atoms with Gasteiger partial charge in [0.25, 0.3) is 0 Å². The van der Waals surface area contributed by atoms with Gasteiger partial charge in [-0.15, -0.1) is 0 Å². The summed E-state index contributed by atoms with van der Waals surface area (Å²) in [6.07, 6.45) is 3.01. The van der Waals surface area contributed by atoms with Gasteiger partial charge in [0.2, 0.25) is 5.88 Å². The van der Waals surface area contributed by atoms with Gasteiger partial charge in [-0.05, 0) is 18.6 Å². The highest BCUT2D eigenvalue weighted by Gasteiger charge is 2.15. The summed E-state index contributed by atoms with van der Waals surface area (Å²) >= 11 is 5.74. The molecular formula is C14H15ClFN3O. The van der Waals surface area contributed by atoms with Gasteiger partial charge in [0.15, 0.2) is 11.6 Å². The topological polar surface area (TPSA) is 47.0 Å². The van der Waals surface area contributed by atoms with Crippen molar-refractivity contribution in [1.29, 1.82) is 0 Å². The molecule has 0 amide bonds. The molecule has 0 aliphatic carbocycles. The van der Waals surface area contributed by atoms with Crippen LogP contribution in [-0.2, 0) is 6.42 Å². The number of hydrogen-bond donors (Lipinski definition) is 1. The summed E-state index contributed by atoms with van der Waals surface area (Å²) in [4.78, 5) is 8.22. The molecule has 1 N–H and O–H groups in total. The maximum atomic E-state index is 13.9. The molecule has 0 aliphatic heterocycles. The van der Waals surface area contributed by atoms with Gasteiger partial charge >= 0.3 is 0 Å². The molecule has 0 saturated heterocycles. The molecule has 2 rings (SSSR count). The lowest BCUT2D eigenvalue weighted by Gasteiger charge is -2.13. The molecule has 0 radical (unpaired) electrons. The first-order valence-corrected chi connectivity index (χ1v) is 6.68. The first kappa shape index (κ1) is 14.5. The van der Waals surface area contributed by atoms with E-state index in [9.17, 15) is 4.39 Å². The first-order valence-electron chi connectivity index (χ1n) is 6.30. The van der Waals surface area contributed by atoms with Crippen LogP contribution in [-0.4, -0.2) is 17.0 Å². The average molecular weight is 296 g/mol. The second-order valence-corrected chi connectivity index (χ2v) is 4.57. The molecule has 4 nitrogen and oxygen atoms in total. The van der Waals surface area contributed by atoms with Gasteiger partial charge in [-0.1, -0.05) is 31.0 Å². The quantitative estimate of drug-likeness (QED) is 0.904. The van der Waals surface area contributed by atoms with Crippen molar-refractivity contribution in [2.24, 2.45) is 0 Å². The summed E-state index contributed by atoms with van der Waals surface area (Å²) in [5.41, 5.74) is 0.817. The highest BCUT2D eigenvalue weighted by atomic mass is 35.5. The average Bonchev–Trinajstić information content (AvgIpc) is 2.46. The minimum absolute atomic E-state index is 0.0161. The highest BCUT2D eigenvalue weighted by molar-refractivity contribution is 6.30. The lowest BCUT2D eigenvalue weighted by atomic mass is 10.1. The van der Waals surface area contributed by atoms with Crippen molar-refractivity contribution in [3.8, 4) is 11.6 Å². The summed E-state index contributed by atoms with van der Waals surface area (Å²) in [6, 6.07) is 4.61. The molecule has 1 heterocycles. The van der Waals surface area contributed by atoms with Gasteiger partial charge in [0.1, 0.15) is 12.1 Å². The van der Waals surface area contributed by atoms with Crippen LogP contribution in [0.2, 0.25) is 5.02 Å². The molecule has 0 spiro atoms. The van der Waals surface area contributed by atoms with Crippen LogP contribution in [0.4, 0.5) is 10.2 Å². The summed E-state index contributed by atoms with van der Waals surface area (Å²) in [5.74, 6) is 0.475. The predicted molar refractivity (Wildman–Crippen MR) is 77.1 cm³/mol. The third-order valence-electron chi connectivity index (χ3n) is 2.77. The molecule has 2 aromatic rings. The van der Waals surface area contributed by atoms with Crippen LogP contribution >= 0.6 is 11.6 Å². The number of rotatable bonds is 5. The Morgan fingerprint density at radius 2 is 2.15 bits per heavy atom. The van der Waals surface area contributed by atoms with Crippen LogP contribution in [0, 0.1) is 5.82 Å². The van der Waals surface area contributed by atoms with Gasteiger partial charge in [0.05, 0.1) is 10.6 Å². The molecule has 0 atom stereocenters. The monoisotopic (exact) mass is 295 g/mol. The van der Waals surface area contributed by atoms with Crippen molar-refractivity contribution in [2.45, 2.75) is 19.8 Å². The zero-order valence-electron chi connectivity index (χ0n) is 11.3. The zero-order valence-corrected chi connectivity index (χ0v) is 12.0. The van der Waals surface area contributed by atoms with E-state index in [1.165, 1.54) is 18.5 Å². The van der Waals surface area contributed by atoms with Crippen LogP contribution in [0.3, 0.4) is 0 Å². The molecule has 0 saturated carbocycles. The fourth-order valence-electron chi connectivity index (χ4n) is 1.84. The van der Waals surface area contributed by atoms with E-state index < -0.39 is 5.82 Å². The zero-order chi connectivity index (χ0) is 14.5. The number of benzene rings is 1. The molecule has 0 aliphatic rings. The van der Waals surface area contributed by atoms with Crippen molar-refractivity contribution < 1.29 is 9.13 Å². The largest absolute Gasteiger partial charge is 0.435 e. The third kappa shape index (κ3) is 2.99. The Labute approximate surface area is 122 Å². The fraction of sp³-hybridized carbons (Fsp3) is 0.286. The van der Waals surface area contributed by atoms with Crippen molar-refractivity contribution in [2.75, 3.05) is 12.4 Å². The second-order valence-electron chi connectivity index (χ2n) is 4.16. The van der Waals surface area contributed by atoms with E-state index in [0.717, 1.165) is 18.4 Å². The van der Waals surface area contributed by atoms with Crippen LogP contribution in [0.5, 0.6) is 11.6 Å². The Morgan fingerprint density at radius 1 is 1.35 bits per heavy atom. The van der Waals surface area contributed by atoms with Crippen LogP contribution < -0.4 is 10.1 Å². The summed E-state index contributed by atoms with van der Waals surface area (Å²) in [5, 5.41) is 3.00. The van der Waals surface area contributed by atoms with Gasteiger partial charge in [0, 0.05) is 7.05 Å². The van der Waals surface area contributed by atoms with Crippen molar-refractivity contribution in [3.63, 3.8) is 0 Å². The Balaban J connectivity index is 2.40. The molecule has 1 aromatic carbocycles. The molecule has 20 heavy (non-hydrogen) atoms. The van der Waals surface area contributed by atoms with Gasteiger partial charge < -0.3 is 10.1 Å². The van der Waals surface area contributed by atoms with E-state index in [2.05, 4.69) is 15.3 Å². The maximum absolute atomic E-state index is 13.9. The molecule has 0 fully saturated rings. The second kappa shape index (κ2) is 6.52. The van der Waals surface area contributed by atoms with E-state index in [1.807, 2.05) is 6.92 Å². The smallest absolute Gasteiger partial charge is 0.227 e. The van der Waals surface area contributed by atoms with Gasteiger partial charge in [-0.25, -0.2) is 14.4 Å². The summed E-state index contributed by atoms with van der Waals surface area (Å²) in [6.45, 7) is 2.04. The molecule has 0 bridgehead atoms. The Kier molecular flexibility index (Phi) is 4.74. The normalized spacial score (nSPS) is 10.4. The maximum Gasteiger partial charge on any atom is 0.227 e. The highest BCUT2D eigenvalue weighted by Crippen LogP contribution is 2.31. The first-order chi connectivity index (χ1) is 9.67. The SMILES string of the molecule is CCCc1c(NC)ncnc1Oc1cccc(Cl)c1F. The fourth-order valence-corrected chi connectivity index (χ4v) is 2.01. The Morgan fingerprint density at radius 3 is 2.85 bits per heavy atom. The molecule has 0 unspecified atom stereocenters. The van der Waals surface area contributed by atoms with E-state index in [1.54, 1.807) is 13.1 Å². The minimum atomic E-state index is -0.596. The van der Waals surface area contributed by atoms with Crippen molar-refractivity contribution >= 4 is 17.4 Å². The minimum Gasteiger partial charge on any atom is -0.435 e.